The average Bonchev–Trinajstić information content (AvgIpc) is 2.08. The third-order valence-corrected chi connectivity index (χ3v) is 1.44. The number of carbonyl (C=O) groups is 1. The third-order valence-electron chi connectivity index (χ3n) is 1.44. The summed E-state index contributed by atoms with van der Waals surface area (Å²) < 4.78 is 10.1. The molecule has 0 aromatic carbocycles. The number of aliphatic hydroxyl groups is 1. The van der Waals surface area contributed by atoms with Gasteiger partial charge in [0.25, 0.3) is 0 Å². The highest BCUT2D eigenvalue weighted by Gasteiger charge is 2.16. The smallest absolute Gasteiger partial charge is 0.407 e. The predicted octanol–water partition coefficient (Wildman–Crippen LogP) is 1.50. The molecule has 0 bridgehead atoms. The molecule has 0 aliphatic heterocycles. The van der Waals surface area contributed by atoms with E-state index in [1.165, 1.54) is 0 Å². The molecule has 0 spiro atoms. The molecule has 1 atom stereocenters. The molecule has 0 saturated carbocycles. The topological polar surface area (TPSA) is 67.8 Å². The van der Waals surface area contributed by atoms with E-state index < -0.39 is 18.0 Å². The number of hydrogen-bond acceptors (Lipinski definition) is 4. The molecule has 0 heterocycles. The van der Waals surface area contributed by atoms with Crippen LogP contribution in [0.2, 0.25) is 0 Å². The highest BCUT2D eigenvalue weighted by molar-refractivity contribution is 5.67. The Morgan fingerprint density at radius 2 is 1.94 bits per heavy atom. The van der Waals surface area contributed by atoms with Crippen LogP contribution in [-0.2, 0) is 9.47 Å². The van der Waals surface area contributed by atoms with Crippen molar-refractivity contribution in [2.75, 3.05) is 13.2 Å². The molecule has 0 saturated heterocycles. The molecular weight excluding hydrogens is 210 g/mol. The van der Waals surface area contributed by atoms with E-state index in [1.807, 2.05) is 13.8 Å². The van der Waals surface area contributed by atoms with Crippen LogP contribution in [0.1, 0.15) is 34.6 Å². The number of alkyl carbamates (subject to hydrolysis) is 1. The number of hydrogen-bond donors (Lipinski definition) is 2. The number of ether oxygens (including phenoxy) is 2. The van der Waals surface area contributed by atoms with Gasteiger partial charge in [-0.1, -0.05) is 13.8 Å². The van der Waals surface area contributed by atoms with E-state index in [1.54, 1.807) is 20.8 Å². The van der Waals surface area contributed by atoms with Crippen molar-refractivity contribution in [2.45, 2.75) is 46.5 Å². The summed E-state index contributed by atoms with van der Waals surface area (Å²) in [5, 5.41) is 11.8. The number of nitrogens with one attached hydrogen (secondary N) is 1. The maximum absolute atomic E-state index is 11.2. The van der Waals surface area contributed by atoms with E-state index in [-0.39, 0.29) is 6.54 Å². The molecule has 1 unspecified atom stereocenters. The van der Waals surface area contributed by atoms with Gasteiger partial charge in [0.15, 0.2) is 6.29 Å². The normalized spacial score (nSPS) is 13.7. The lowest BCUT2D eigenvalue weighted by Crippen LogP contribution is -2.38. The Labute approximate surface area is 97.1 Å². The van der Waals surface area contributed by atoms with Crippen LogP contribution in [0.15, 0.2) is 0 Å². The second-order valence-corrected chi connectivity index (χ2v) is 5.06. The van der Waals surface area contributed by atoms with Crippen molar-refractivity contribution in [2.24, 2.45) is 5.92 Å². The highest BCUT2D eigenvalue weighted by atomic mass is 16.6. The van der Waals surface area contributed by atoms with Crippen LogP contribution in [0.5, 0.6) is 0 Å². The zero-order valence-corrected chi connectivity index (χ0v) is 10.7. The summed E-state index contributed by atoms with van der Waals surface area (Å²) >= 11 is 0. The minimum atomic E-state index is -0.991. The van der Waals surface area contributed by atoms with Crippen molar-refractivity contribution < 1.29 is 19.4 Å². The van der Waals surface area contributed by atoms with Crippen molar-refractivity contribution in [3.8, 4) is 0 Å². The van der Waals surface area contributed by atoms with Crippen molar-refractivity contribution in [3.63, 3.8) is 0 Å². The first kappa shape index (κ1) is 15.2. The second kappa shape index (κ2) is 6.70. The standard InChI is InChI=1S/C11H23NO4/c1-8(2)7-15-9(13)6-12-10(14)16-11(3,4)5/h8-9,13H,6-7H2,1-5H3,(H,12,14). The largest absolute Gasteiger partial charge is 0.444 e. The Hall–Kier alpha value is -0.810. The third kappa shape index (κ3) is 9.73. The molecule has 5 nitrogen and oxygen atoms in total. The summed E-state index contributed by atoms with van der Waals surface area (Å²) in [7, 11) is 0. The molecule has 0 aromatic heterocycles. The van der Waals surface area contributed by atoms with Gasteiger partial charge in [-0.05, 0) is 26.7 Å². The second-order valence-electron chi connectivity index (χ2n) is 5.06. The minimum Gasteiger partial charge on any atom is -0.444 e. The Morgan fingerprint density at radius 1 is 1.38 bits per heavy atom. The van der Waals surface area contributed by atoms with Gasteiger partial charge < -0.3 is 19.9 Å². The van der Waals surface area contributed by atoms with Gasteiger partial charge in [-0.25, -0.2) is 4.79 Å². The van der Waals surface area contributed by atoms with Crippen molar-refractivity contribution in [1.82, 2.24) is 5.32 Å². The van der Waals surface area contributed by atoms with Gasteiger partial charge in [-0.15, -0.1) is 0 Å². The van der Waals surface area contributed by atoms with Crippen LogP contribution in [0.3, 0.4) is 0 Å². The molecule has 96 valence electrons. The van der Waals surface area contributed by atoms with Crippen LogP contribution in [0.25, 0.3) is 0 Å². The molecule has 0 fully saturated rings. The molecule has 0 radical (unpaired) electrons. The van der Waals surface area contributed by atoms with Crippen molar-refractivity contribution >= 4 is 6.09 Å². The fourth-order valence-corrected chi connectivity index (χ4v) is 0.847. The van der Waals surface area contributed by atoms with Gasteiger partial charge in [0.05, 0.1) is 13.2 Å². The van der Waals surface area contributed by atoms with Gasteiger partial charge in [0, 0.05) is 0 Å². The first-order valence-electron chi connectivity index (χ1n) is 5.47. The summed E-state index contributed by atoms with van der Waals surface area (Å²) in [4.78, 5) is 11.2. The van der Waals surface area contributed by atoms with Crippen molar-refractivity contribution in [1.29, 1.82) is 0 Å². The molecule has 0 aromatic rings. The summed E-state index contributed by atoms with van der Waals surface area (Å²) in [5.41, 5.74) is -0.534. The zero-order chi connectivity index (χ0) is 12.8. The Bertz CT molecular complexity index is 211. The Kier molecular flexibility index (Phi) is 6.36. The van der Waals surface area contributed by atoms with Gasteiger partial charge in [0.1, 0.15) is 5.60 Å². The van der Waals surface area contributed by atoms with Crippen LogP contribution in [0, 0.1) is 5.92 Å². The first-order valence-corrected chi connectivity index (χ1v) is 5.47. The lowest BCUT2D eigenvalue weighted by Gasteiger charge is -2.20. The van der Waals surface area contributed by atoms with E-state index in [2.05, 4.69) is 5.32 Å². The fraction of sp³-hybridized carbons (Fsp3) is 0.909. The Balaban J connectivity index is 3.67. The fourth-order valence-electron chi connectivity index (χ4n) is 0.847. The van der Waals surface area contributed by atoms with Gasteiger partial charge in [-0.2, -0.15) is 0 Å². The van der Waals surface area contributed by atoms with E-state index in [9.17, 15) is 9.90 Å². The minimum absolute atomic E-state index is 0.0294. The first-order chi connectivity index (χ1) is 7.20. The maximum Gasteiger partial charge on any atom is 0.407 e. The number of aliphatic hydroxyl groups excluding tert-OH is 1. The summed E-state index contributed by atoms with van der Waals surface area (Å²) in [5.74, 6) is 0.344. The molecule has 1 amide bonds. The number of carbonyl (C=O) groups excluding carboxylic acids is 1. The van der Waals surface area contributed by atoms with E-state index in [0.717, 1.165) is 0 Å². The van der Waals surface area contributed by atoms with Gasteiger partial charge >= 0.3 is 6.09 Å². The highest BCUT2D eigenvalue weighted by Crippen LogP contribution is 2.06. The summed E-state index contributed by atoms with van der Waals surface area (Å²) in [6.45, 7) is 9.77. The summed E-state index contributed by atoms with van der Waals surface area (Å²) in [6, 6.07) is 0. The molecule has 0 aliphatic carbocycles. The van der Waals surface area contributed by atoms with Crippen LogP contribution in [0.4, 0.5) is 4.79 Å². The maximum atomic E-state index is 11.2. The zero-order valence-electron chi connectivity index (χ0n) is 10.7. The van der Waals surface area contributed by atoms with Crippen LogP contribution in [-0.4, -0.2) is 36.2 Å². The molecule has 5 heteroatoms. The Morgan fingerprint density at radius 3 is 2.38 bits per heavy atom. The van der Waals surface area contributed by atoms with E-state index >= 15 is 0 Å². The lowest BCUT2D eigenvalue weighted by atomic mass is 10.2. The van der Waals surface area contributed by atoms with Gasteiger partial charge in [0.2, 0.25) is 0 Å². The van der Waals surface area contributed by atoms with E-state index in [0.29, 0.717) is 12.5 Å². The quantitative estimate of drug-likeness (QED) is 0.706. The van der Waals surface area contributed by atoms with E-state index in [4.69, 9.17) is 9.47 Å². The molecule has 0 aliphatic rings. The van der Waals surface area contributed by atoms with Crippen LogP contribution < -0.4 is 5.32 Å². The summed E-state index contributed by atoms with van der Waals surface area (Å²) in [6.07, 6.45) is -1.55. The predicted molar refractivity (Wildman–Crippen MR) is 61.0 cm³/mol. The molecule has 16 heavy (non-hydrogen) atoms. The molecular formula is C11H23NO4. The van der Waals surface area contributed by atoms with Crippen molar-refractivity contribution in [3.05, 3.63) is 0 Å². The monoisotopic (exact) mass is 233 g/mol. The SMILES string of the molecule is CC(C)COC(O)CNC(=O)OC(C)(C)C. The lowest BCUT2D eigenvalue weighted by molar-refractivity contribution is -0.104. The van der Waals surface area contributed by atoms with Crippen LogP contribution >= 0.6 is 0 Å². The van der Waals surface area contributed by atoms with Gasteiger partial charge in [-0.3, -0.25) is 0 Å². The average molecular weight is 233 g/mol. The number of amides is 1. The molecule has 2 N–H and O–H groups in total. The number of rotatable bonds is 5. The molecule has 0 rings (SSSR count).